The first kappa shape index (κ1) is 15.1. The van der Waals surface area contributed by atoms with Gasteiger partial charge in [0.2, 0.25) is 0 Å². The van der Waals surface area contributed by atoms with Gasteiger partial charge in [0.05, 0.1) is 5.69 Å². The summed E-state index contributed by atoms with van der Waals surface area (Å²) in [5.74, 6) is 0. The van der Waals surface area contributed by atoms with Crippen LogP contribution >= 0.6 is 0 Å². The Morgan fingerprint density at radius 1 is 1.05 bits per heavy atom. The van der Waals surface area contributed by atoms with E-state index < -0.39 is 0 Å². The molecule has 0 heterocycles. The van der Waals surface area contributed by atoms with E-state index in [1.807, 2.05) is 49.4 Å². The van der Waals surface area contributed by atoms with Gasteiger partial charge in [-0.05, 0) is 23.8 Å². The highest BCUT2D eigenvalue weighted by molar-refractivity contribution is 6.01. The van der Waals surface area contributed by atoms with E-state index in [4.69, 9.17) is 0 Å². The van der Waals surface area contributed by atoms with Gasteiger partial charge in [-0.2, -0.15) is 0 Å². The number of amides is 2. The molecular formula is C18H22N2O. The molecule has 0 aromatic heterocycles. The third-order valence-corrected chi connectivity index (χ3v) is 3.64. The van der Waals surface area contributed by atoms with Gasteiger partial charge in [0.1, 0.15) is 0 Å². The molecule has 21 heavy (non-hydrogen) atoms. The maximum atomic E-state index is 12.0. The van der Waals surface area contributed by atoms with Crippen molar-refractivity contribution in [2.45, 2.75) is 27.7 Å². The van der Waals surface area contributed by atoms with Crippen molar-refractivity contribution < 1.29 is 4.79 Å². The largest absolute Gasteiger partial charge is 0.323 e. The van der Waals surface area contributed by atoms with Crippen LogP contribution in [-0.4, -0.2) is 6.03 Å². The number of allylic oxidation sites excluding steroid dienone is 1. The lowest BCUT2D eigenvalue weighted by atomic mass is 9.88. The zero-order valence-corrected chi connectivity index (χ0v) is 13.0. The summed E-state index contributed by atoms with van der Waals surface area (Å²) in [5.41, 5.74) is 1.98. The lowest BCUT2D eigenvalue weighted by molar-refractivity contribution is 0.255. The monoisotopic (exact) mass is 282 g/mol. The molecule has 0 saturated carbocycles. The maximum Gasteiger partial charge on any atom is 0.323 e. The standard InChI is InChI=1S/C18H22N2O/c1-13(18(2,3)4)12-19-17(21)20-16-11-7-9-14-8-5-6-10-15(14)16/h5-12H,1-4H3,(H2,19,20,21)/b13-12+. The molecule has 0 aliphatic heterocycles. The van der Waals surface area contributed by atoms with E-state index in [9.17, 15) is 4.79 Å². The molecule has 3 nitrogen and oxygen atoms in total. The molecule has 2 amide bonds. The molecule has 0 aliphatic rings. The van der Waals surface area contributed by atoms with E-state index in [1.165, 1.54) is 0 Å². The number of hydrogen-bond donors (Lipinski definition) is 2. The first-order chi connectivity index (χ1) is 9.88. The Labute approximate surface area is 126 Å². The van der Waals surface area contributed by atoms with Crippen LogP contribution < -0.4 is 10.6 Å². The molecule has 0 bridgehead atoms. The van der Waals surface area contributed by atoms with Crippen LogP contribution in [0.4, 0.5) is 10.5 Å². The van der Waals surface area contributed by atoms with Crippen molar-refractivity contribution in [3.8, 4) is 0 Å². The van der Waals surface area contributed by atoms with Gasteiger partial charge in [-0.25, -0.2) is 4.79 Å². The fourth-order valence-electron chi connectivity index (χ4n) is 1.88. The topological polar surface area (TPSA) is 41.1 Å². The minimum atomic E-state index is -0.227. The van der Waals surface area contributed by atoms with Gasteiger partial charge in [-0.1, -0.05) is 62.7 Å². The van der Waals surface area contributed by atoms with E-state index in [2.05, 4.69) is 31.4 Å². The van der Waals surface area contributed by atoms with Crippen molar-refractivity contribution in [3.63, 3.8) is 0 Å². The number of anilines is 1. The summed E-state index contributed by atoms with van der Waals surface area (Å²) in [4.78, 5) is 12.0. The van der Waals surface area contributed by atoms with Crippen LogP contribution in [0.15, 0.2) is 54.2 Å². The number of carbonyl (C=O) groups is 1. The van der Waals surface area contributed by atoms with Gasteiger partial charge in [0.25, 0.3) is 0 Å². The fourth-order valence-corrected chi connectivity index (χ4v) is 1.88. The van der Waals surface area contributed by atoms with Gasteiger partial charge in [0, 0.05) is 11.6 Å². The van der Waals surface area contributed by atoms with Gasteiger partial charge in [-0.15, -0.1) is 0 Å². The lowest BCUT2D eigenvalue weighted by Crippen LogP contribution is -2.25. The third kappa shape index (κ3) is 3.85. The molecule has 2 aromatic rings. The lowest BCUT2D eigenvalue weighted by Gasteiger charge is -2.19. The van der Waals surface area contributed by atoms with E-state index in [-0.39, 0.29) is 11.4 Å². The Kier molecular flexibility index (Phi) is 4.32. The van der Waals surface area contributed by atoms with Crippen molar-refractivity contribution in [2.24, 2.45) is 5.41 Å². The second-order valence-electron chi connectivity index (χ2n) is 6.20. The zero-order valence-electron chi connectivity index (χ0n) is 13.0. The van der Waals surface area contributed by atoms with Gasteiger partial charge >= 0.3 is 6.03 Å². The Balaban J connectivity index is 2.12. The maximum absolute atomic E-state index is 12.0. The predicted molar refractivity (Wildman–Crippen MR) is 89.3 cm³/mol. The number of urea groups is 1. The smallest absolute Gasteiger partial charge is 0.314 e. The number of nitrogens with one attached hydrogen (secondary N) is 2. The van der Waals surface area contributed by atoms with Gasteiger partial charge in [-0.3, -0.25) is 0 Å². The van der Waals surface area contributed by atoms with Crippen LogP contribution in [0.1, 0.15) is 27.7 Å². The molecule has 0 spiro atoms. The average Bonchev–Trinajstić information content (AvgIpc) is 2.44. The van der Waals surface area contributed by atoms with Crippen LogP contribution in [-0.2, 0) is 0 Å². The van der Waals surface area contributed by atoms with E-state index in [0.29, 0.717) is 0 Å². The fraction of sp³-hybridized carbons (Fsp3) is 0.278. The minimum absolute atomic E-state index is 0.0483. The number of carbonyl (C=O) groups excluding carboxylic acids is 1. The van der Waals surface area contributed by atoms with E-state index in [0.717, 1.165) is 22.0 Å². The first-order valence-electron chi connectivity index (χ1n) is 7.10. The highest BCUT2D eigenvalue weighted by Crippen LogP contribution is 2.24. The Morgan fingerprint density at radius 3 is 2.43 bits per heavy atom. The molecule has 110 valence electrons. The molecular weight excluding hydrogens is 260 g/mol. The summed E-state index contributed by atoms with van der Waals surface area (Å²) in [5, 5.41) is 7.83. The molecule has 0 unspecified atom stereocenters. The summed E-state index contributed by atoms with van der Waals surface area (Å²) in [6.07, 6.45) is 1.76. The van der Waals surface area contributed by atoms with Crippen LogP contribution in [0.5, 0.6) is 0 Å². The van der Waals surface area contributed by atoms with E-state index in [1.54, 1.807) is 6.20 Å². The number of fused-ring (bicyclic) bond motifs is 1. The Morgan fingerprint density at radius 2 is 1.71 bits per heavy atom. The van der Waals surface area contributed by atoms with Crippen molar-refractivity contribution >= 4 is 22.5 Å². The molecule has 2 N–H and O–H groups in total. The molecule has 0 radical (unpaired) electrons. The SMILES string of the molecule is C/C(=C\NC(=O)Nc1cccc2ccccc12)C(C)(C)C. The highest BCUT2D eigenvalue weighted by atomic mass is 16.2. The van der Waals surface area contributed by atoms with Crippen molar-refractivity contribution in [2.75, 3.05) is 5.32 Å². The van der Waals surface area contributed by atoms with Crippen molar-refractivity contribution in [1.82, 2.24) is 5.32 Å². The van der Waals surface area contributed by atoms with Gasteiger partial charge in [0.15, 0.2) is 0 Å². The average molecular weight is 282 g/mol. The van der Waals surface area contributed by atoms with Gasteiger partial charge < -0.3 is 10.6 Å². The van der Waals surface area contributed by atoms with Crippen molar-refractivity contribution in [3.05, 3.63) is 54.2 Å². The summed E-state index contributed by atoms with van der Waals surface area (Å²) in [7, 11) is 0. The summed E-state index contributed by atoms with van der Waals surface area (Å²) in [6, 6.07) is 13.6. The number of benzene rings is 2. The normalized spacial score (nSPS) is 12.3. The molecule has 2 rings (SSSR count). The van der Waals surface area contributed by atoms with Crippen LogP contribution in [0.3, 0.4) is 0 Å². The molecule has 0 aliphatic carbocycles. The quantitative estimate of drug-likeness (QED) is 0.807. The summed E-state index contributed by atoms with van der Waals surface area (Å²) < 4.78 is 0. The summed E-state index contributed by atoms with van der Waals surface area (Å²) in [6.45, 7) is 8.35. The predicted octanol–water partition coefficient (Wildman–Crippen LogP) is 4.91. The first-order valence-corrected chi connectivity index (χ1v) is 7.10. The number of hydrogen-bond acceptors (Lipinski definition) is 1. The molecule has 0 atom stereocenters. The second kappa shape index (κ2) is 6.00. The van der Waals surface area contributed by atoms with Crippen molar-refractivity contribution in [1.29, 1.82) is 0 Å². The second-order valence-corrected chi connectivity index (χ2v) is 6.20. The Hall–Kier alpha value is -2.29. The van der Waals surface area contributed by atoms with Crippen LogP contribution in [0, 0.1) is 5.41 Å². The molecule has 2 aromatic carbocycles. The highest BCUT2D eigenvalue weighted by Gasteiger charge is 2.12. The minimum Gasteiger partial charge on any atom is -0.314 e. The number of rotatable bonds is 2. The van der Waals surface area contributed by atoms with Crippen LogP contribution in [0.25, 0.3) is 10.8 Å². The molecule has 0 saturated heterocycles. The van der Waals surface area contributed by atoms with Crippen LogP contribution in [0.2, 0.25) is 0 Å². The zero-order chi connectivity index (χ0) is 15.5. The Bertz CT molecular complexity index is 676. The molecule has 3 heteroatoms. The third-order valence-electron chi connectivity index (χ3n) is 3.64. The van der Waals surface area contributed by atoms with E-state index >= 15 is 0 Å². The summed E-state index contributed by atoms with van der Waals surface area (Å²) >= 11 is 0. The molecule has 0 fully saturated rings.